The van der Waals surface area contributed by atoms with Crippen LogP contribution in [0.4, 0.5) is 11.4 Å². The number of hydrogen-bond donors (Lipinski definition) is 2. The summed E-state index contributed by atoms with van der Waals surface area (Å²) in [7, 11) is 0. The fourth-order valence-corrected chi connectivity index (χ4v) is 4.39. The number of rotatable bonds is 7. The van der Waals surface area contributed by atoms with Crippen molar-refractivity contribution in [3.8, 4) is 5.75 Å². The molecule has 0 bridgehead atoms. The van der Waals surface area contributed by atoms with Crippen molar-refractivity contribution in [1.82, 2.24) is 10.2 Å². The van der Waals surface area contributed by atoms with Crippen molar-refractivity contribution >= 4 is 40.5 Å². The average molecular weight is 517 g/mol. The molecule has 0 atom stereocenters. The quantitative estimate of drug-likeness (QED) is 0.444. The summed E-state index contributed by atoms with van der Waals surface area (Å²) < 4.78 is 5.84. The zero-order valence-electron chi connectivity index (χ0n) is 21.1. The molecule has 1 heterocycles. The van der Waals surface area contributed by atoms with E-state index in [2.05, 4.69) is 15.5 Å². The number of hydrogen-bond acceptors (Lipinski definition) is 5. The number of carbonyl (C=O) groups excluding carboxylic acids is 2. The summed E-state index contributed by atoms with van der Waals surface area (Å²) in [6.07, 6.45) is 0. The first-order chi connectivity index (χ1) is 17.9. The summed E-state index contributed by atoms with van der Waals surface area (Å²) >= 11 is 5.46. The van der Waals surface area contributed by atoms with E-state index in [1.165, 1.54) is 0 Å². The van der Waals surface area contributed by atoms with Crippen LogP contribution in [0.25, 0.3) is 0 Å². The Hall–Kier alpha value is -3.91. The van der Waals surface area contributed by atoms with Gasteiger partial charge in [-0.05, 0) is 48.1 Å². The highest BCUT2D eigenvalue weighted by molar-refractivity contribution is 7.80. The van der Waals surface area contributed by atoms with Gasteiger partial charge in [0, 0.05) is 37.7 Å². The van der Waals surface area contributed by atoms with Crippen molar-refractivity contribution in [3.63, 3.8) is 0 Å². The Balaban J connectivity index is 1.34. The van der Waals surface area contributed by atoms with Crippen molar-refractivity contribution in [3.05, 3.63) is 90.0 Å². The van der Waals surface area contributed by atoms with E-state index in [4.69, 9.17) is 17.0 Å². The van der Waals surface area contributed by atoms with E-state index in [1.54, 1.807) is 18.2 Å². The monoisotopic (exact) mass is 516 g/mol. The minimum absolute atomic E-state index is 0.00222. The lowest BCUT2D eigenvalue weighted by Crippen LogP contribution is -2.50. The number of amides is 2. The Morgan fingerprint density at radius 2 is 1.62 bits per heavy atom. The van der Waals surface area contributed by atoms with Gasteiger partial charge in [-0.15, -0.1) is 0 Å². The molecule has 1 aliphatic rings. The molecule has 4 rings (SSSR count). The number of anilines is 2. The highest BCUT2D eigenvalue weighted by Crippen LogP contribution is 2.27. The first kappa shape index (κ1) is 26.2. The van der Waals surface area contributed by atoms with Crippen LogP contribution in [0.15, 0.2) is 78.9 Å². The second-order valence-electron chi connectivity index (χ2n) is 9.19. The van der Waals surface area contributed by atoms with Gasteiger partial charge in [0.15, 0.2) is 5.11 Å². The average Bonchev–Trinajstić information content (AvgIpc) is 2.92. The normalized spacial score (nSPS) is 13.3. The Labute approximate surface area is 223 Å². The van der Waals surface area contributed by atoms with Gasteiger partial charge in [0.1, 0.15) is 12.4 Å². The second-order valence-corrected chi connectivity index (χ2v) is 9.60. The van der Waals surface area contributed by atoms with E-state index in [0.29, 0.717) is 31.0 Å². The van der Waals surface area contributed by atoms with E-state index in [9.17, 15) is 9.59 Å². The zero-order chi connectivity index (χ0) is 26.2. The van der Waals surface area contributed by atoms with Crippen LogP contribution in [0.1, 0.15) is 29.8 Å². The standard InChI is InChI=1S/C29H32N4O3S/c1-21(2)28(35)33-17-15-32(16-18-33)26-14-7-6-13-25(26)30-29(37)31-27(34)23-11-8-12-24(19-23)36-20-22-9-4-3-5-10-22/h3-14,19,21H,15-18,20H2,1-2H3,(H2,30,31,34,37). The molecule has 0 radical (unpaired) electrons. The van der Waals surface area contributed by atoms with Crippen molar-refractivity contribution in [1.29, 1.82) is 0 Å². The minimum atomic E-state index is -0.319. The van der Waals surface area contributed by atoms with Gasteiger partial charge in [0.25, 0.3) is 5.91 Å². The predicted octanol–water partition coefficient (Wildman–Crippen LogP) is 4.70. The third-order valence-corrected chi connectivity index (χ3v) is 6.35. The number of nitrogens with one attached hydrogen (secondary N) is 2. The molecule has 1 fully saturated rings. The molecular weight excluding hydrogens is 484 g/mol. The minimum Gasteiger partial charge on any atom is -0.489 e. The van der Waals surface area contributed by atoms with E-state index >= 15 is 0 Å². The lowest BCUT2D eigenvalue weighted by Gasteiger charge is -2.37. The van der Waals surface area contributed by atoms with Crippen LogP contribution in [-0.2, 0) is 11.4 Å². The van der Waals surface area contributed by atoms with Gasteiger partial charge in [-0.1, -0.05) is 62.4 Å². The molecule has 7 nitrogen and oxygen atoms in total. The van der Waals surface area contributed by atoms with Crippen LogP contribution >= 0.6 is 12.2 Å². The van der Waals surface area contributed by atoms with Gasteiger partial charge in [-0.25, -0.2) is 0 Å². The molecule has 0 aliphatic carbocycles. The largest absolute Gasteiger partial charge is 0.489 e. The molecule has 0 saturated carbocycles. The van der Waals surface area contributed by atoms with E-state index in [-0.39, 0.29) is 22.8 Å². The molecule has 3 aromatic rings. The van der Waals surface area contributed by atoms with Gasteiger partial charge in [0.05, 0.1) is 11.4 Å². The molecular formula is C29H32N4O3S. The van der Waals surface area contributed by atoms with Crippen molar-refractivity contribution in [2.24, 2.45) is 5.92 Å². The van der Waals surface area contributed by atoms with Crippen LogP contribution < -0.4 is 20.3 Å². The van der Waals surface area contributed by atoms with Crippen molar-refractivity contribution in [2.45, 2.75) is 20.5 Å². The van der Waals surface area contributed by atoms with Crippen LogP contribution in [-0.4, -0.2) is 48.0 Å². The van der Waals surface area contributed by atoms with Gasteiger partial charge in [-0.2, -0.15) is 0 Å². The lowest BCUT2D eigenvalue weighted by atomic mass is 10.1. The van der Waals surface area contributed by atoms with Gasteiger partial charge >= 0.3 is 0 Å². The summed E-state index contributed by atoms with van der Waals surface area (Å²) in [6, 6.07) is 24.7. The van der Waals surface area contributed by atoms with Crippen LogP contribution in [0, 0.1) is 5.92 Å². The summed E-state index contributed by atoms with van der Waals surface area (Å²) in [4.78, 5) is 29.3. The molecule has 2 amide bonds. The maximum atomic E-state index is 12.9. The van der Waals surface area contributed by atoms with E-state index in [0.717, 1.165) is 30.0 Å². The Bertz CT molecular complexity index is 1240. The summed E-state index contributed by atoms with van der Waals surface area (Å²) in [5.41, 5.74) is 3.28. The van der Waals surface area contributed by atoms with Gasteiger partial charge in [0.2, 0.25) is 5.91 Å². The maximum Gasteiger partial charge on any atom is 0.257 e. The lowest BCUT2D eigenvalue weighted by molar-refractivity contribution is -0.134. The topological polar surface area (TPSA) is 73.9 Å². The maximum absolute atomic E-state index is 12.9. The highest BCUT2D eigenvalue weighted by Gasteiger charge is 2.24. The van der Waals surface area contributed by atoms with Gasteiger partial charge < -0.3 is 19.9 Å². The van der Waals surface area contributed by atoms with Crippen LogP contribution in [0.5, 0.6) is 5.75 Å². The first-order valence-corrected chi connectivity index (χ1v) is 12.8. The first-order valence-electron chi connectivity index (χ1n) is 12.4. The second kappa shape index (κ2) is 12.4. The number of carbonyl (C=O) groups is 2. The van der Waals surface area contributed by atoms with Crippen molar-refractivity contribution < 1.29 is 14.3 Å². The number of para-hydroxylation sites is 2. The number of nitrogens with zero attached hydrogens (tertiary/aromatic N) is 2. The molecule has 192 valence electrons. The number of ether oxygens (including phenoxy) is 1. The number of thiocarbonyl (C=S) groups is 1. The molecule has 0 unspecified atom stereocenters. The third-order valence-electron chi connectivity index (χ3n) is 6.15. The molecule has 0 spiro atoms. The van der Waals surface area contributed by atoms with Gasteiger partial charge in [-0.3, -0.25) is 14.9 Å². The number of benzene rings is 3. The fourth-order valence-electron chi connectivity index (χ4n) is 4.18. The Kier molecular flexibility index (Phi) is 8.74. The zero-order valence-corrected chi connectivity index (χ0v) is 22.0. The number of piperazine rings is 1. The highest BCUT2D eigenvalue weighted by atomic mass is 32.1. The van der Waals surface area contributed by atoms with Crippen molar-refractivity contribution in [2.75, 3.05) is 36.4 Å². The molecule has 37 heavy (non-hydrogen) atoms. The molecule has 1 saturated heterocycles. The summed E-state index contributed by atoms with van der Waals surface area (Å²) in [5.74, 6) is 0.471. The Morgan fingerprint density at radius 1 is 0.919 bits per heavy atom. The van der Waals surface area contributed by atoms with E-state index < -0.39 is 0 Å². The van der Waals surface area contributed by atoms with E-state index in [1.807, 2.05) is 79.4 Å². The molecule has 3 aromatic carbocycles. The fraction of sp³-hybridized carbons (Fsp3) is 0.276. The SMILES string of the molecule is CC(C)C(=O)N1CCN(c2ccccc2NC(=S)NC(=O)c2cccc(OCc3ccccc3)c2)CC1. The smallest absolute Gasteiger partial charge is 0.257 e. The van der Waals surface area contributed by atoms with Crippen LogP contribution in [0.2, 0.25) is 0 Å². The predicted molar refractivity (Wildman–Crippen MR) is 151 cm³/mol. The molecule has 1 aliphatic heterocycles. The molecule has 8 heteroatoms. The summed E-state index contributed by atoms with van der Waals surface area (Å²) in [6.45, 7) is 7.08. The third kappa shape index (κ3) is 7.07. The summed E-state index contributed by atoms with van der Waals surface area (Å²) in [5, 5.41) is 6.14. The molecule has 0 aromatic heterocycles. The Morgan fingerprint density at radius 3 is 2.35 bits per heavy atom. The van der Waals surface area contributed by atoms with Crippen LogP contribution in [0.3, 0.4) is 0 Å². The molecule has 2 N–H and O–H groups in total.